The predicted molar refractivity (Wildman–Crippen MR) is 55.0 cm³/mol. The molecular weight excluding hydrogens is 198 g/mol. The van der Waals surface area contributed by atoms with Gasteiger partial charge < -0.3 is 9.87 Å². The van der Waals surface area contributed by atoms with Gasteiger partial charge in [-0.1, -0.05) is 19.1 Å². The number of hydrogen-bond acceptors (Lipinski definition) is 3. The molecule has 2 rings (SSSR count). The molecule has 0 fully saturated rings. The number of para-hydroxylation sites is 1. The van der Waals surface area contributed by atoms with Gasteiger partial charge in [-0.3, -0.25) is 4.21 Å². The van der Waals surface area contributed by atoms with Crippen molar-refractivity contribution in [1.29, 1.82) is 0 Å². The van der Waals surface area contributed by atoms with Crippen LogP contribution in [0.1, 0.15) is 12.5 Å². The first-order valence-corrected chi connectivity index (χ1v) is 5.71. The molecule has 0 saturated heterocycles. The highest BCUT2D eigenvalue weighted by atomic mass is 32.2. The Morgan fingerprint density at radius 2 is 2.36 bits per heavy atom. The van der Waals surface area contributed by atoms with Gasteiger partial charge in [-0.15, -0.1) is 0 Å². The predicted octanol–water partition coefficient (Wildman–Crippen LogP) is 1.53. The molecule has 0 spiro atoms. The van der Waals surface area contributed by atoms with Crippen molar-refractivity contribution in [2.75, 3.05) is 11.9 Å². The summed E-state index contributed by atoms with van der Waals surface area (Å²) in [7, 11) is 0. The van der Waals surface area contributed by atoms with Crippen LogP contribution in [0.25, 0.3) is 0 Å². The van der Waals surface area contributed by atoms with Gasteiger partial charge in [0.25, 0.3) is 0 Å². The summed E-state index contributed by atoms with van der Waals surface area (Å²) >= 11 is -2.14. The van der Waals surface area contributed by atoms with E-state index in [2.05, 4.69) is 12.2 Å². The van der Waals surface area contributed by atoms with Gasteiger partial charge in [0.05, 0.1) is 5.69 Å². The molecule has 0 amide bonds. The van der Waals surface area contributed by atoms with Crippen molar-refractivity contribution in [3.8, 4) is 0 Å². The topological polar surface area (TPSA) is 52.2 Å². The molecule has 2 atom stereocenters. The Kier molecular flexibility index (Phi) is 2.56. The van der Waals surface area contributed by atoms with Gasteiger partial charge in [-0.05, 0) is 35.0 Å². The minimum Gasteiger partial charge on any atom is -0.768 e. The number of rotatable bonds is 1. The van der Waals surface area contributed by atoms with Gasteiger partial charge in [0, 0.05) is 11.4 Å². The first-order chi connectivity index (χ1) is 6.68. The van der Waals surface area contributed by atoms with E-state index in [1.165, 1.54) is 0 Å². The van der Waals surface area contributed by atoms with Crippen LogP contribution in [0.4, 0.5) is 5.69 Å². The fourth-order valence-corrected chi connectivity index (χ4v) is 2.37. The van der Waals surface area contributed by atoms with E-state index in [4.69, 9.17) is 0 Å². The van der Waals surface area contributed by atoms with Crippen LogP contribution in [0.15, 0.2) is 23.1 Å². The molecule has 14 heavy (non-hydrogen) atoms. The number of hydrogen-bond donors (Lipinski definition) is 1. The molecule has 1 heterocycles. The van der Waals surface area contributed by atoms with E-state index < -0.39 is 11.1 Å². The average Bonchev–Trinajstić information content (AvgIpc) is 2.16. The number of anilines is 1. The van der Waals surface area contributed by atoms with Gasteiger partial charge >= 0.3 is 0 Å². The van der Waals surface area contributed by atoms with Crippen LogP contribution in [-0.4, -0.2) is 15.3 Å². The van der Waals surface area contributed by atoms with Crippen LogP contribution in [-0.2, 0) is 17.5 Å². The van der Waals surface area contributed by atoms with Gasteiger partial charge in [0.15, 0.2) is 0 Å². The Balaban J connectivity index is 2.46. The standard InChI is InChI=1S/C10H13NO2S/c1-7-5-8-3-2-4-9(14(12)13)10(8)11-6-7/h2-4,7,11H,5-6H2,1H3,(H,12,13)/p-1. The van der Waals surface area contributed by atoms with Crippen molar-refractivity contribution in [3.63, 3.8) is 0 Å². The maximum absolute atomic E-state index is 10.9. The van der Waals surface area contributed by atoms with Gasteiger partial charge in [0.2, 0.25) is 0 Å². The molecule has 1 aliphatic rings. The molecule has 1 N–H and O–H groups in total. The fraction of sp³-hybridized carbons (Fsp3) is 0.400. The third-order valence-electron chi connectivity index (χ3n) is 2.49. The molecule has 0 radical (unpaired) electrons. The zero-order chi connectivity index (χ0) is 10.1. The molecule has 3 nitrogen and oxygen atoms in total. The largest absolute Gasteiger partial charge is 0.768 e. The average molecular weight is 210 g/mol. The molecule has 0 aliphatic carbocycles. The minimum atomic E-state index is -2.14. The van der Waals surface area contributed by atoms with Crippen LogP contribution in [0.2, 0.25) is 0 Å². The summed E-state index contributed by atoms with van der Waals surface area (Å²) in [6.45, 7) is 3.00. The smallest absolute Gasteiger partial charge is 0.0525 e. The second kappa shape index (κ2) is 3.71. The fourth-order valence-electron chi connectivity index (χ4n) is 1.81. The van der Waals surface area contributed by atoms with Crippen molar-refractivity contribution in [3.05, 3.63) is 23.8 Å². The van der Waals surface area contributed by atoms with Crippen LogP contribution in [0.3, 0.4) is 0 Å². The van der Waals surface area contributed by atoms with Crippen molar-refractivity contribution in [2.24, 2.45) is 5.92 Å². The summed E-state index contributed by atoms with van der Waals surface area (Å²) in [4.78, 5) is 0.384. The second-order valence-corrected chi connectivity index (χ2v) is 4.62. The van der Waals surface area contributed by atoms with Crippen LogP contribution in [0, 0.1) is 5.92 Å². The van der Waals surface area contributed by atoms with E-state index in [0.717, 1.165) is 24.2 Å². The van der Waals surface area contributed by atoms with Crippen LogP contribution >= 0.6 is 0 Å². The lowest BCUT2D eigenvalue weighted by molar-refractivity contribution is 0.535. The quantitative estimate of drug-likeness (QED) is 0.715. The molecule has 1 aromatic carbocycles. The van der Waals surface area contributed by atoms with Crippen molar-refractivity contribution in [2.45, 2.75) is 18.2 Å². The Bertz CT molecular complexity index is 378. The number of benzene rings is 1. The molecule has 76 valence electrons. The Hall–Kier alpha value is -0.870. The molecule has 1 aromatic rings. The molecular formula is C10H12NO2S-. The SMILES string of the molecule is CC1CNc2c(cccc2S(=O)[O-])C1. The molecule has 4 heteroatoms. The maximum Gasteiger partial charge on any atom is 0.0525 e. The lowest BCUT2D eigenvalue weighted by atomic mass is 9.96. The lowest BCUT2D eigenvalue weighted by Crippen LogP contribution is -2.21. The van der Waals surface area contributed by atoms with E-state index in [-0.39, 0.29) is 0 Å². The van der Waals surface area contributed by atoms with Crippen molar-refractivity contribution in [1.82, 2.24) is 0 Å². The monoisotopic (exact) mass is 210 g/mol. The molecule has 2 unspecified atom stereocenters. The Morgan fingerprint density at radius 3 is 3.07 bits per heavy atom. The normalized spacial score (nSPS) is 22.3. The lowest BCUT2D eigenvalue weighted by Gasteiger charge is -2.26. The van der Waals surface area contributed by atoms with Crippen molar-refractivity contribution >= 4 is 16.8 Å². The van der Waals surface area contributed by atoms with Gasteiger partial charge in [-0.25, -0.2) is 0 Å². The summed E-state index contributed by atoms with van der Waals surface area (Å²) < 4.78 is 21.8. The van der Waals surface area contributed by atoms with Crippen molar-refractivity contribution < 1.29 is 8.76 Å². The zero-order valence-electron chi connectivity index (χ0n) is 7.95. The Morgan fingerprint density at radius 1 is 1.57 bits per heavy atom. The molecule has 0 saturated carbocycles. The highest BCUT2D eigenvalue weighted by Crippen LogP contribution is 2.29. The summed E-state index contributed by atoms with van der Waals surface area (Å²) in [5.41, 5.74) is 1.89. The first kappa shape index (κ1) is 9.68. The van der Waals surface area contributed by atoms with Crippen LogP contribution in [0.5, 0.6) is 0 Å². The highest BCUT2D eigenvalue weighted by molar-refractivity contribution is 7.79. The number of fused-ring (bicyclic) bond motifs is 1. The summed E-state index contributed by atoms with van der Waals surface area (Å²) in [6, 6.07) is 5.41. The van der Waals surface area contributed by atoms with E-state index in [9.17, 15) is 8.76 Å². The van der Waals surface area contributed by atoms with Gasteiger partial charge in [0.1, 0.15) is 0 Å². The Labute approximate surface area is 85.8 Å². The zero-order valence-corrected chi connectivity index (χ0v) is 8.76. The minimum absolute atomic E-state index is 0.384. The first-order valence-electron chi connectivity index (χ1n) is 4.63. The molecule has 1 aliphatic heterocycles. The van der Waals surface area contributed by atoms with Gasteiger partial charge in [-0.2, -0.15) is 0 Å². The third kappa shape index (κ3) is 1.67. The van der Waals surface area contributed by atoms with E-state index >= 15 is 0 Å². The van der Waals surface area contributed by atoms with E-state index in [1.54, 1.807) is 12.1 Å². The second-order valence-electron chi connectivity index (χ2n) is 3.72. The maximum atomic E-state index is 10.9. The van der Waals surface area contributed by atoms with E-state index in [0.29, 0.717) is 10.8 Å². The number of nitrogens with one attached hydrogen (secondary N) is 1. The van der Waals surface area contributed by atoms with E-state index in [1.807, 2.05) is 6.07 Å². The summed E-state index contributed by atoms with van der Waals surface area (Å²) in [5, 5.41) is 3.17. The summed E-state index contributed by atoms with van der Waals surface area (Å²) in [6.07, 6.45) is 0.952. The molecule has 0 bridgehead atoms. The highest BCUT2D eigenvalue weighted by Gasteiger charge is 2.16. The summed E-state index contributed by atoms with van der Waals surface area (Å²) in [5.74, 6) is 0.567. The third-order valence-corrected chi connectivity index (χ3v) is 3.19. The molecule has 0 aromatic heterocycles. The van der Waals surface area contributed by atoms with Crippen LogP contribution < -0.4 is 5.32 Å².